The molecular weight excluding hydrogens is 343 g/mol. The zero-order valence-corrected chi connectivity index (χ0v) is 15.0. The van der Waals surface area contributed by atoms with Crippen molar-refractivity contribution in [3.8, 4) is 5.75 Å². The molecular formula is C20H20ClFO3. The molecule has 0 spiro atoms. The number of hydrogen-bond donors (Lipinski definition) is 1. The maximum Gasteiger partial charge on any atom is 0.338 e. The largest absolute Gasteiger partial charge is 0.487 e. The van der Waals surface area contributed by atoms with E-state index < -0.39 is 17.3 Å². The molecule has 3 nitrogen and oxygen atoms in total. The molecule has 0 saturated heterocycles. The summed E-state index contributed by atoms with van der Waals surface area (Å²) in [6, 6.07) is 8.36. The summed E-state index contributed by atoms with van der Waals surface area (Å²) in [7, 11) is 0. The molecule has 25 heavy (non-hydrogen) atoms. The molecule has 0 heterocycles. The van der Waals surface area contributed by atoms with Gasteiger partial charge < -0.3 is 9.84 Å². The minimum absolute atomic E-state index is 0.0814. The lowest BCUT2D eigenvalue weighted by molar-refractivity contribution is 0.0692. The van der Waals surface area contributed by atoms with Gasteiger partial charge in [-0.2, -0.15) is 0 Å². The Hall–Kier alpha value is -2.07. The summed E-state index contributed by atoms with van der Waals surface area (Å²) >= 11 is 6.01. The molecule has 1 aliphatic rings. The molecule has 132 valence electrons. The molecule has 0 saturated carbocycles. The number of benzene rings is 2. The topological polar surface area (TPSA) is 46.5 Å². The Morgan fingerprint density at radius 1 is 1.28 bits per heavy atom. The summed E-state index contributed by atoms with van der Waals surface area (Å²) in [6.45, 7) is 4.79. The Bertz CT molecular complexity index is 830. The van der Waals surface area contributed by atoms with Crippen molar-refractivity contribution < 1.29 is 19.0 Å². The number of hydrogen-bond acceptors (Lipinski definition) is 2. The molecule has 0 atom stereocenters. The summed E-state index contributed by atoms with van der Waals surface area (Å²) in [5, 5.41) is 8.99. The van der Waals surface area contributed by atoms with Crippen LogP contribution in [0.5, 0.6) is 5.75 Å². The van der Waals surface area contributed by atoms with Gasteiger partial charge in [-0.25, -0.2) is 9.18 Å². The van der Waals surface area contributed by atoms with E-state index in [1.807, 2.05) is 6.07 Å². The minimum Gasteiger partial charge on any atom is -0.487 e. The number of carboxylic acids is 1. The molecule has 3 rings (SSSR count). The van der Waals surface area contributed by atoms with Crippen molar-refractivity contribution in [3.05, 3.63) is 63.4 Å². The molecule has 0 bridgehead atoms. The quantitative estimate of drug-likeness (QED) is 0.805. The van der Waals surface area contributed by atoms with Crippen LogP contribution >= 0.6 is 11.6 Å². The first-order chi connectivity index (χ1) is 11.7. The van der Waals surface area contributed by atoms with Crippen molar-refractivity contribution in [3.63, 3.8) is 0 Å². The average molecular weight is 363 g/mol. The second-order valence-corrected chi connectivity index (χ2v) is 7.71. The highest BCUT2D eigenvalue weighted by Gasteiger charge is 2.25. The highest BCUT2D eigenvalue weighted by Crippen LogP contribution is 2.35. The molecule has 0 amide bonds. The predicted molar refractivity (Wildman–Crippen MR) is 94.9 cm³/mol. The van der Waals surface area contributed by atoms with Crippen LogP contribution in [0.1, 0.15) is 47.3 Å². The Morgan fingerprint density at radius 2 is 2.04 bits per heavy atom. The first kappa shape index (κ1) is 17.7. The monoisotopic (exact) mass is 362 g/mol. The van der Waals surface area contributed by atoms with E-state index in [9.17, 15) is 9.18 Å². The molecule has 1 N–H and O–H groups in total. The molecule has 0 fully saturated rings. The van der Waals surface area contributed by atoms with Gasteiger partial charge >= 0.3 is 5.97 Å². The van der Waals surface area contributed by atoms with Crippen LogP contribution in [0, 0.1) is 11.2 Å². The number of fused-ring (bicyclic) bond motifs is 1. The van der Waals surface area contributed by atoms with Gasteiger partial charge in [0.1, 0.15) is 18.2 Å². The summed E-state index contributed by atoms with van der Waals surface area (Å²) in [5.41, 5.74) is 3.52. The van der Waals surface area contributed by atoms with Crippen molar-refractivity contribution in [1.29, 1.82) is 0 Å². The zero-order chi connectivity index (χ0) is 18.2. The average Bonchev–Trinajstić information content (AvgIpc) is 2.53. The van der Waals surface area contributed by atoms with Crippen LogP contribution in [0.4, 0.5) is 4.39 Å². The van der Waals surface area contributed by atoms with Gasteiger partial charge in [0.05, 0.1) is 10.6 Å². The number of rotatable bonds is 4. The number of carboxylic acid groups (broad SMARTS) is 1. The van der Waals surface area contributed by atoms with Crippen LogP contribution in [0.3, 0.4) is 0 Å². The highest BCUT2D eigenvalue weighted by molar-refractivity contribution is 6.32. The molecule has 2 aromatic rings. The van der Waals surface area contributed by atoms with E-state index in [2.05, 4.69) is 26.0 Å². The van der Waals surface area contributed by atoms with E-state index >= 15 is 0 Å². The lowest BCUT2D eigenvalue weighted by Crippen LogP contribution is -2.22. The first-order valence-corrected chi connectivity index (χ1v) is 8.59. The van der Waals surface area contributed by atoms with E-state index in [-0.39, 0.29) is 17.4 Å². The SMILES string of the molecule is CC1(C)CCc2ccc(COc3cc(F)c(C(=O)O)cc3Cl)cc2C1. The van der Waals surface area contributed by atoms with Gasteiger partial charge in [0.2, 0.25) is 0 Å². The van der Waals surface area contributed by atoms with E-state index in [1.165, 1.54) is 17.5 Å². The standard InChI is InChI=1S/C20H20ClFO3/c1-20(2)6-5-13-4-3-12(7-14(13)10-20)11-25-18-9-17(22)15(19(23)24)8-16(18)21/h3-4,7-9H,5-6,10-11H2,1-2H3,(H,23,24). The van der Waals surface area contributed by atoms with Crippen LogP contribution in [-0.4, -0.2) is 11.1 Å². The Morgan fingerprint density at radius 3 is 2.76 bits per heavy atom. The van der Waals surface area contributed by atoms with Gasteiger partial charge in [0, 0.05) is 6.07 Å². The first-order valence-electron chi connectivity index (χ1n) is 8.21. The Balaban J connectivity index is 1.76. The van der Waals surface area contributed by atoms with Gasteiger partial charge in [0.15, 0.2) is 0 Å². The summed E-state index contributed by atoms with van der Waals surface area (Å²) < 4.78 is 19.4. The molecule has 2 aromatic carbocycles. The summed E-state index contributed by atoms with van der Waals surface area (Å²) in [5.74, 6) is -2.08. The predicted octanol–water partition coefficient (Wildman–Crippen LogP) is 5.27. The van der Waals surface area contributed by atoms with Crippen molar-refractivity contribution in [2.24, 2.45) is 5.41 Å². The second kappa shape index (κ2) is 6.68. The second-order valence-electron chi connectivity index (χ2n) is 7.30. The summed E-state index contributed by atoms with van der Waals surface area (Å²) in [4.78, 5) is 10.9. The van der Waals surface area contributed by atoms with E-state index in [1.54, 1.807) is 0 Å². The molecule has 5 heteroatoms. The Labute approximate surface area is 151 Å². The smallest absolute Gasteiger partial charge is 0.338 e. The van der Waals surface area contributed by atoms with Crippen LogP contribution in [-0.2, 0) is 19.4 Å². The number of ether oxygens (including phenoxy) is 1. The number of aryl methyl sites for hydroxylation is 1. The van der Waals surface area contributed by atoms with E-state index in [0.29, 0.717) is 5.41 Å². The minimum atomic E-state index is -1.36. The molecule has 0 radical (unpaired) electrons. The van der Waals surface area contributed by atoms with Crippen LogP contribution in [0.2, 0.25) is 5.02 Å². The maximum atomic E-state index is 13.8. The van der Waals surface area contributed by atoms with Crippen molar-refractivity contribution in [1.82, 2.24) is 0 Å². The lowest BCUT2D eigenvalue weighted by atomic mass is 9.74. The van der Waals surface area contributed by atoms with Crippen LogP contribution in [0.15, 0.2) is 30.3 Å². The van der Waals surface area contributed by atoms with Gasteiger partial charge in [-0.15, -0.1) is 0 Å². The van der Waals surface area contributed by atoms with Gasteiger partial charge in [-0.3, -0.25) is 0 Å². The van der Waals surface area contributed by atoms with Gasteiger partial charge in [0.25, 0.3) is 0 Å². The number of halogens is 2. The molecule has 1 aliphatic carbocycles. The third kappa shape index (κ3) is 3.96. The fourth-order valence-electron chi connectivity index (χ4n) is 3.22. The maximum absolute atomic E-state index is 13.8. The fraction of sp³-hybridized carbons (Fsp3) is 0.350. The fourth-order valence-corrected chi connectivity index (χ4v) is 3.44. The zero-order valence-electron chi connectivity index (χ0n) is 14.2. The highest BCUT2D eigenvalue weighted by atomic mass is 35.5. The molecule has 0 unspecified atom stereocenters. The van der Waals surface area contributed by atoms with Crippen LogP contribution in [0.25, 0.3) is 0 Å². The van der Waals surface area contributed by atoms with E-state index in [4.69, 9.17) is 21.4 Å². The lowest BCUT2D eigenvalue weighted by Gasteiger charge is -2.31. The van der Waals surface area contributed by atoms with Crippen molar-refractivity contribution in [2.75, 3.05) is 0 Å². The molecule has 0 aliphatic heterocycles. The number of aromatic carboxylic acids is 1. The van der Waals surface area contributed by atoms with Gasteiger partial charge in [-0.05, 0) is 47.4 Å². The normalized spacial score (nSPS) is 15.5. The third-order valence-electron chi connectivity index (χ3n) is 4.66. The Kier molecular flexibility index (Phi) is 4.74. The molecule has 0 aromatic heterocycles. The third-order valence-corrected chi connectivity index (χ3v) is 4.95. The van der Waals surface area contributed by atoms with Gasteiger partial charge in [-0.1, -0.05) is 43.6 Å². The number of carbonyl (C=O) groups is 1. The van der Waals surface area contributed by atoms with E-state index in [0.717, 1.165) is 30.5 Å². The summed E-state index contributed by atoms with van der Waals surface area (Å²) in [6.07, 6.45) is 3.29. The van der Waals surface area contributed by atoms with Crippen molar-refractivity contribution in [2.45, 2.75) is 39.7 Å². The van der Waals surface area contributed by atoms with Crippen molar-refractivity contribution >= 4 is 17.6 Å². The van der Waals surface area contributed by atoms with Crippen LogP contribution < -0.4 is 4.74 Å².